The van der Waals surface area contributed by atoms with Crippen LogP contribution in [0.2, 0.25) is 0 Å². The van der Waals surface area contributed by atoms with Crippen molar-refractivity contribution in [3.63, 3.8) is 0 Å². The maximum absolute atomic E-state index is 2.42. The maximum atomic E-state index is 2.42. The fourth-order valence-corrected chi connectivity index (χ4v) is 11.1. The van der Waals surface area contributed by atoms with Gasteiger partial charge < -0.3 is 4.90 Å². The summed E-state index contributed by atoms with van der Waals surface area (Å²) < 4.78 is 0. The Balaban J connectivity index is 0.942. The van der Waals surface area contributed by atoms with E-state index in [0.717, 1.165) is 33.8 Å². The van der Waals surface area contributed by atoms with Crippen LogP contribution in [0.4, 0.5) is 17.1 Å². The summed E-state index contributed by atoms with van der Waals surface area (Å²) in [5.41, 5.74) is 22.4. The first-order valence-corrected chi connectivity index (χ1v) is 25.8. The molecule has 0 aliphatic rings. The molecule has 13 rings (SSSR count). The summed E-state index contributed by atoms with van der Waals surface area (Å²) in [6.07, 6.45) is 0. The molecular formula is C74H51N. The van der Waals surface area contributed by atoms with Crippen LogP contribution in [0.25, 0.3) is 111 Å². The molecule has 13 aromatic rings. The number of rotatable bonds is 11. The Labute approximate surface area is 439 Å². The van der Waals surface area contributed by atoms with E-state index < -0.39 is 0 Å². The summed E-state index contributed by atoms with van der Waals surface area (Å²) in [6.45, 7) is 0. The van der Waals surface area contributed by atoms with Crippen molar-refractivity contribution >= 4 is 38.6 Å². The molecule has 0 aliphatic carbocycles. The molecule has 0 fully saturated rings. The van der Waals surface area contributed by atoms with Crippen LogP contribution in [0.15, 0.2) is 309 Å². The van der Waals surface area contributed by atoms with Crippen LogP contribution in [-0.2, 0) is 0 Å². The van der Waals surface area contributed by atoms with Crippen LogP contribution in [0.1, 0.15) is 0 Å². The summed E-state index contributed by atoms with van der Waals surface area (Å²) in [7, 11) is 0. The lowest BCUT2D eigenvalue weighted by molar-refractivity contribution is 1.28. The third kappa shape index (κ3) is 8.77. The molecule has 0 aromatic heterocycles. The summed E-state index contributed by atoms with van der Waals surface area (Å²) >= 11 is 0. The monoisotopic (exact) mass is 953 g/mol. The van der Waals surface area contributed by atoms with E-state index in [0.29, 0.717) is 0 Å². The van der Waals surface area contributed by atoms with Crippen molar-refractivity contribution in [3.05, 3.63) is 309 Å². The smallest absolute Gasteiger partial charge is 0.0467 e. The van der Waals surface area contributed by atoms with E-state index in [-0.39, 0.29) is 0 Å². The van der Waals surface area contributed by atoms with Crippen molar-refractivity contribution in [1.82, 2.24) is 0 Å². The Morgan fingerprint density at radius 3 is 1.03 bits per heavy atom. The van der Waals surface area contributed by atoms with Crippen molar-refractivity contribution < 1.29 is 0 Å². The molecule has 0 aliphatic heterocycles. The second-order valence-corrected chi connectivity index (χ2v) is 19.2. The first-order chi connectivity index (χ1) is 37.2. The van der Waals surface area contributed by atoms with E-state index in [2.05, 4.69) is 314 Å². The molecular weight excluding hydrogens is 903 g/mol. The highest BCUT2D eigenvalue weighted by molar-refractivity contribution is 6.22. The Morgan fingerprint density at radius 1 is 0.160 bits per heavy atom. The summed E-state index contributed by atoms with van der Waals surface area (Å²) in [5, 5.41) is 4.97. The van der Waals surface area contributed by atoms with Gasteiger partial charge in [-0.1, -0.05) is 267 Å². The van der Waals surface area contributed by atoms with Gasteiger partial charge in [0.2, 0.25) is 0 Å². The standard InChI is InChI=1S/C74H51N/c1-6-20-52(21-7-1)53-36-38-54(39-37-53)55-40-45-63(46-41-55)75(64-47-42-57(43-48-64)67-35-19-34-66(56-22-8-2-9-23-56)72(67)58-24-10-3-11-25-58)65-31-18-30-61(50-65)62-44-49-69-68-32-16-17-33-70(68)73(59-26-12-4-13-27-59)74(71(69)51-62)60-28-14-5-15-29-60/h1-51H. The predicted molar refractivity (Wildman–Crippen MR) is 320 cm³/mol. The van der Waals surface area contributed by atoms with E-state index >= 15 is 0 Å². The van der Waals surface area contributed by atoms with Crippen molar-refractivity contribution in [2.24, 2.45) is 0 Å². The molecule has 13 aromatic carbocycles. The average Bonchev–Trinajstić information content (AvgIpc) is 3.50. The number of nitrogens with zero attached hydrogens (tertiary/aromatic N) is 1. The lowest BCUT2D eigenvalue weighted by Crippen LogP contribution is -2.10. The Kier molecular flexibility index (Phi) is 12.0. The number of hydrogen-bond acceptors (Lipinski definition) is 1. The minimum absolute atomic E-state index is 1.07. The molecule has 1 heteroatoms. The van der Waals surface area contributed by atoms with Gasteiger partial charge in [-0.3, -0.25) is 0 Å². The number of fused-ring (bicyclic) bond motifs is 3. The van der Waals surface area contributed by atoms with Crippen LogP contribution in [0, 0.1) is 0 Å². The minimum atomic E-state index is 1.07. The molecule has 0 heterocycles. The Morgan fingerprint density at radius 2 is 0.493 bits per heavy atom. The molecule has 0 amide bonds. The fraction of sp³-hybridized carbons (Fsp3) is 0. The zero-order valence-electron chi connectivity index (χ0n) is 41.4. The molecule has 0 bridgehead atoms. The largest absolute Gasteiger partial charge is 0.310 e. The Hall–Kier alpha value is -9.82. The quantitative estimate of drug-likeness (QED) is 0.117. The van der Waals surface area contributed by atoms with E-state index in [4.69, 9.17) is 0 Å². The molecule has 0 N–H and O–H groups in total. The number of hydrogen-bond donors (Lipinski definition) is 0. The summed E-state index contributed by atoms with van der Waals surface area (Å²) in [6, 6.07) is 113. The third-order valence-corrected chi connectivity index (χ3v) is 14.7. The van der Waals surface area contributed by atoms with E-state index in [1.54, 1.807) is 0 Å². The van der Waals surface area contributed by atoms with Gasteiger partial charge in [0.1, 0.15) is 0 Å². The molecule has 0 unspecified atom stereocenters. The van der Waals surface area contributed by atoms with Crippen LogP contribution in [0.5, 0.6) is 0 Å². The van der Waals surface area contributed by atoms with Crippen LogP contribution >= 0.6 is 0 Å². The van der Waals surface area contributed by atoms with Gasteiger partial charge >= 0.3 is 0 Å². The topological polar surface area (TPSA) is 3.24 Å². The molecule has 0 atom stereocenters. The highest BCUT2D eigenvalue weighted by Gasteiger charge is 2.20. The first-order valence-electron chi connectivity index (χ1n) is 25.8. The van der Waals surface area contributed by atoms with E-state index in [9.17, 15) is 0 Å². The van der Waals surface area contributed by atoms with Gasteiger partial charge in [-0.2, -0.15) is 0 Å². The van der Waals surface area contributed by atoms with Crippen molar-refractivity contribution in [2.45, 2.75) is 0 Å². The van der Waals surface area contributed by atoms with E-state index in [1.165, 1.54) is 93.9 Å². The van der Waals surface area contributed by atoms with Gasteiger partial charge in [0.25, 0.3) is 0 Å². The van der Waals surface area contributed by atoms with E-state index in [1.807, 2.05) is 0 Å². The molecule has 0 spiro atoms. The minimum Gasteiger partial charge on any atom is -0.310 e. The highest BCUT2D eigenvalue weighted by Crippen LogP contribution is 2.47. The highest BCUT2D eigenvalue weighted by atomic mass is 15.1. The molecule has 0 saturated carbocycles. The van der Waals surface area contributed by atoms with Crippen molar-refractivity contribution in [2.75, 3.05) is 4.90 Å². The van der Waals surface area contributed by atoms with Crippen molar-refractivity contribution in [3.8, 4) is 89.0 Å². The molecule has 1 nitrogen and oxygen atoms in total. The normalized spacial score (nSPS) is 11.2. The van der Waals surface area contributed by atoms with Gasteiger partial charge in [0.05, 0.1) is 0 Å². The second-order valence-electron chi connectivity index (χ2n) is 19.2. The van der Waals surface area contributed by atoms with Gasteiger partial charge in [-0.15, -0.1) is 0 Å². The van der Waals surface area contributed by atoms with Crippen LogP contribution < -0.4 is 4.90 Å². The fourth-order valence-electron chi connectivity index (χ4n) is 11.1. The van der Waals surface area contributed by atoms with Gasteiger partial charge in [-0.25, -0.2) is 0 Å². The number of anilines is 3. The second kappa shape index (κ2) is 20.0. The zero-order valence-corrected chi connectivity index (χ0v) is 41.4. The van der Waals surface area contributed by atoms with Gasteiger partial charge in [-0.05, 0) is 153 Å². The average molecular weight is 954 g/mol. The lowest BCUT2D eigenvalue weighted by atomic mass is 9.84. The van der Waals surface area contributed by atoms with Gasteiger partial charge in [0.15, 0.2) is 0 Å². The molecule has 75 heavy (non-hydrogen) atoms. The number of benzene rings is 13. The SMILES string of the molecule is c1ccc(-c2ccc(-c3ccc(N(c4ccc(-c5cccc(-c6ccccc6)c5-c5ccccc5)cc4)c4cccc(-c5ccc6c(c5)c(-c5ccccc5)c(-c5ccccc5)c5ccccc56)c4)cc3)cc2)cc1. The Bertz CT molecular complexity index is 4090. The summed E-state index contributed by atoms with van der Waals surface area (Å²) in [5.74, 6) is 0. The maximum Gasteiger partial charge on any atom is 0.0467 e. The van der Waals surface area contributed by atoms with Crippen LogP contribution in [-0.4, -0.2) is 0 Å². The van der Waals surface area contributed by atoms with Gasteiger partial charge in [0, 0.05) is 17.1 Å². The molecule has 0 radical (unpaired) electrons. The van der Waals surface area contributed by atoms with Crippen LogP contribution in [0.3, 0.4) is 0 Å². The molecule has 0 saturated heterocycles. The lowest BCUT2D eigenvalue weighted by Gasteiger charge is -2.27. The summed E-state index contributed by atoms with van der Waals surface area (Å²) in [4.78, 5) is 2.39. The first kappa shape index (κ1) is 45.1. The zero-order chi connectivity index (χ0) is 49.9. The molecule has 352 valence electrons. The third-order valence-electron chi connectivity index (χ3n) is 14.7. The predicted octanol–water partition coefficient (Wildman–Crippen LogP) is 20.8. The van der Waals surface area contributed by atoms with Crippen molar-refractivity contribution in [1.29, 1.82) is 0 Å².